The number of benzene rings is 2. The Morgan fingerprint density at radius 2 is 1.86 bits per heavy atom. The van der Waals surface area contributed by atoms with Crippen LogP contribution in [0.25, 0.3) is 10.1 Å². The van der Waals surface area contributed by atoms with Crippen molar-refractivity contribution in [3.8, 4) is 11.5 Å². The van der Waals surface area contributed by atoms with E-state index in [1.807, 2.05) is 44.2 Å². The predicted octanol–water partition coefficient (Wildman–Crippen LogP) is 3.23. The van der Waals surface area contributed by atoms with Crippen LogP contribution in [-0.4, -0.2) is 44.6 Å². The van der Waals surface area contributed by atoms with Crippen LogP contribution in [-0.2, 0) is 11.2 Å². The van der Waals surface area contributed by atoms with E-state index >= 15 is 0 Å². The Labute approximate surface area is 174 Å². The summed E-state index contributed by atoms with van der Waals surface area (Å²) in [4.78, 5) is 24.5. The first-order chi connectivity index (χ1) is 13.4. The second kappa shape index (κ2) is 8.80. The first-order valence-electron chi connectivity index (χ1n) is 8.76. The van der Waals surface area contributed by atoms with E-state index in [1.54, 1.807) is 19.2 Å². The number of ether oxygens (including phenoxy) is 2. The van der Waals surface area contributed by atoms with Gasteiger partial charge >= 0.3 is 174 Å². The summed E-state index contributed by atoms with van der Waals surface area (Å²) in [6.45, 7) is 3.88. The zero-order valence-corrected chi connectivity index (χ0v) is 18.7. The molecule has 1 heterocycles. The van der Waals surface area contributed by atoms with Gasteiger partial charge in [-0.15, -0.1) is 0 Å². The third-order valence-electron chi connectivity index (χ3n) is 3.98. The number of fused-ring (bicyclic) bond motifs is 1. The molecule has 0 spiro atoms. The third kappa shape index (κ3) is 4.75. The van der Waals surface area contributed by atoms with Crippen LogP contribution in [0, 0.1) is 0 Å². The van der Waals surface area contributed by atoms with Crippen LogP contribution in [0.3, 0.4) is 0 Å². The number of carbonyl (C=O) groups excluding carboxylic acids is 1. The van der Waals surface area contributed by atoms with Crippen LogP contribution < -0.4 is 13.8 Å². The number of rotatable bonds is 8. The van der Waals surface area contributed by atoms with Crippen molar-refractivity contribution in [1.29, 1.82) is 0 Å². The molecule has 0 saturated heterocycles. The fourth-order valence-corrected chi connectivity index (χ4v) is 6.02. The molecule has 1 atom stereocenters. The third-order valence-corrected chi connectivity index (χ3v) is 7.81. The Kier molecular flexibility index (Phi) is 6.42. The van der Waals surface area contributed by atoms with Gasteiger partial charge in [0.1, 0.15) is 0 Å². The molecular weight excluding hydrogens is 439 g/mol. The maximum atomic E-state index is 13.1. The molecule has 0 amide bonds. The SMILES string of the molecule is COc1ccc2sc(C(=O)[AsH]c3ccc(CC(=O)O)cc3)c(OC(C)C)c2c1. The Morgan fingerprint density at radius 3 is 2.46 bits per heavy atom. The van der Waals surface area contributed by atoms with E-state index in [2.05, 4.69) is 0 Å². The van der Waals surface area contributed by atoms with Gasteiger partial charge in [-0.05, 0) is 0 Å². The average Bonchev–Trinajstić information content (AvgIpc) is 3.00. The van der Waals surface area contributed by atoms with Crippen molar-refractivity contribution in [2.45, 2.75) is 26.4 Å². The van der Waals surface area contributed by atoms with Crippen molar-refractivity contribution in [3.05, 3.63) is 52.9 Å². The van der Waals surface area contributed by atoms with Crippen molar-refractivity contribution < 1.29 is 24.2 Å². The molecule has 0 fully saturated rings. The normalized spacial score (nSPS) is 11.4. The summed E-state index contributed by atoms with van der Waals surface area (Å²) in [5.41, 5.74) is 0.730. The van der Waals surface area contributed by atoms with Crippen molar-refractivity contribution in [2.24, 2.45) is 0 Å². The first kappa shape index (κ1) is 20.4. The summed E-state index contributed by atoms with van der Waals surface area (Å²) in [5.74, 6) is 0.490. The summed E-state index contributed by atoms with van der Waals surface area (Å²) in [7, 11) is 1.61. The van der Waals surface area contributed by atoms with Crippen LogP contribution in [0.4, 0.5) is 0 Å². The molecule has 3 rings (SSSR count). The number of hydrogen-bond acceptors (Lipinski definition) is 5. The van der Waals surface area contributed by atoms with Gasteiger partial charge in [0.2, 0.25) is 0 Å². The van der Waals surface area contributed by atoms with E-state index in [1.165, 1.54) is 11.3 Å². The van der Waals surface area contributed by atoms with Gasteiger partial charge in [-0.25, -0.2) is 0 Å². The molecule has 7 heteroatoms. The molecule has 0 radical (unpaired) electrons. The number of carboxylic acids is 1. The van der Waals surface area contributed by atoms with Crippen LogP contribution >= 0.6 is 11.3 Å². The topological polar surface area (TPSA) is 72.8 Å². The molecule has 1 unspecified atom stereocenters. The van der Waals surface area contributed by atoms with E-state index < -0.39 is 21.7 Å². The van der Waals surface area contributed by atoms with Crippen molar-refractivity contribution in [3.63, 3.8) is 0 Å². The van der Waals surface area contributed by atoms with E-state index in [-0.39, 0.29) is 17.1 Å². The van der Waals surface area contributed by atoms with E-state index in [9.17, 15) is 9.59 Å². The van der Waals surface area contributed by atoms with E-state index in [0.717, 1.165) is 25.8 Å². The fourth-order valence-electron chi connectivity index (χ4n) is 2.75. The molecular formula is C21H21AsO5S. The quantitative estimate of drug-likeness (QED) is 0.523. The number of thiophene rings is 1. The number of carbonyl (C=O) groups is 2. The monoisotopic (exact) mass is 460 g/mol. The van der Waals surface area contributed by atoms with Gasteiger partial charge in [0.25, 0.3) is 0 Å². The van der Waals surface area contributed by atoms with Crippen LogP contribution in [0.5, 0.6) is 11.5 Å². The fraction of sp³-hybridized carbons (Fsp3) is 0.238. The molecule has 1 aromatic heterocycles. The predicted molar refractivity (Wildman–Crippen MR) is 113 cm³/mol. The number of methoxy groups -OCH3 is 1. The minimum atomic E-state index is -1.09. The van der Waals surface area contributed by atoms with Gasteiger partial charge in [-0.2, -0.15) is 0 Å². The van der Waals surface area contributed by atoms with Gasteiger partial charge in [-0.3, -0.25) is 0 Å². The standard InChI is InChI=1S/C21H21AsO5S/c1-12(2)27-19-16-11-15(26-3)8-9-17(16)28-20(19)21(25)22-14-6-4-13(5-7-14)10-18(23)24/h4-9,11-12,22H,10H2,1-3H3,(H,23,24). The first-order valence-corrected chi connectivity index (χ1v) is 11.7. The Hall–Kier alpha value is -2.30. The van der Waals surface area contributed by atoms with Crippen LogP contribution in [0.1, 0.15) is 29.1 Å². The Bertz CT molecular complexity index is 1010. The summed E-state index contributed by atoms with van der Waals surface area (Å²) in [6.07, 6.45) is -0.0653. The molecule has 0 aliphatic rings. The molecule has 2 aromatic carbocycles. The molecule has 0 aliphatic heterocycles. The van der Waals surface area contributed by atoms with E-state index in [0.29, 0.717) is 10.6 Å². The molecule has 5 nitrogen and oxygen atoms in total. The molecule has 0 saturated carbocycles. The Morgan fingerprint density at radius 1 is 1.14 bits per heavy atom. The van der Waals surface area contributed by atoms with Gasteiger partial charge in [0.15, 0.2) is 0 Å². The molecule has 3 aromatic rings. The average molecular weight is 460 g/mol. The second-order valence-corrected chi connectivity index (χ2v) is 10.3. The molecule has 0 aliphatic carbocycles. The van der Waals surface area contributed by atoms with Gasteiger partial charge in [0, 0.05) is 0 Å². The molecule has 0 bridgehead atoms. The summed E-state index contributed by atoms with van der Waals surface area (Å²) < 4.78 is 13.4. The number of carboxylic acid groups (broad SMARTS) is 1. The second-order valence-electron chi connectivity index (χ2n) is 6.51. The van der Waals surface area contributed by atoms with Gasteiger partial charge < -0.3 is 0 Å². The molecule has 28 heavy (non-hydrogen) atoms. The number of aliphatic carboxylic acids is 1. The van der Waals surface area contributed by atoms with Gasteiger partial charge in [-0.1, -0.05) is 0 Å². The zero-order chi connectivity index (χ0) is 20.3. The molecule has 146 valence electrons. The van der Waals surface area contributed by atoms with Crippen LogP contribution in [0.2, 0.25) is 0 Å². The zero-order valence-electron chi connectivity index (χ0n) is 15.8. The van der Waals surface area contributed by atoms with E-state index in [4.69, 9.17) is 14.6 Å². The van der Waals surface area contributed by atoms with Gasteiger partial charge in [0.05, 0.1) is 0 Å². The molecule has 1 N–H and O–H groups in total. The number of hydrogen-bond donors (Lipinski definition) is 1. The Balaban J connectivity index is 1.90. The maximum absolute atomic E-state index is 13.1. The van der Waals surface area contributed by atoms with Crippen molar-refractivity contribution in [2.75, 3.05) is 7.11 Å². The van der Waals surface area contributed by atoms with Crippen molar-refractivity contribution >= 4 is 52.1 Å². The summed E-state index contributed by atoms with van der Waals surface area (Å²) >= 11 is 0.362. The minimum absolute atomic E-state index is 0.0151. The van der Waals surface area contributed by atoms with Crippen LogP contribution in [0.15, 0.2) is 42.5 Å². The summed E-state index contributed by atoms with van der Waals surface area (Å²) in [6, 6.07) is 13.0. The van der Waals surface area contributed by atoms with Crippen molar-refractivity contribution in [1.82, 2.24) is 0 Å². The summed E-state index contributed by atoms with van der Waals surface area (Å²) in [5, 5.41) is 9.76.